The molecule has 1 unspecified atom stereocenters. The summed E-state index contributed by atoms with van der Waals surface area (Å²) in [4.78, 5) is 7.80. The summed E-state index contributed by atoms with van der Waals surface area (Å²) in [5, 5.41) is 3.18. The zero-order valence-electron chi connectivity index (χ0n) is 13.1. The van der Waals surface area contributed by atoms with Crippen molar-refractivity contribution in [2.45, 2.75) is 11.1 Å². The van der Waals surface area contributed by atoms with Gasteiger partial charge in [-0.2, -0.15) is 13.2 Å². The van der Waals surface area contributed by atoms with Gasteiger partial charge in [0, 0.05) is 18.8 Å². The van der Waals surface area contributed by atoms with Gasteiger partial charge in [0.15, 0.2) is 0 Å². The molecule has 0 radical (unpaired) electrons. The molecule has 0 amide bonds. The van der Waals surface area contributed by atoms with Crippen LogP contribution in [-0.4, -0.2) is 34.0 Å². The molecule has 4 nitrogen and oxygen atoms in total. The number of hydrogen-bond donors (Lipinski definition) is 1. The number of nitrogens with one attached hydrogen (secondary N) is 1. The first kappa shape index (κ1) is 21.0. The van der Waals surface area contributed by atoms with E-state index in [4.69, 9.17) is 34.8 Å². The number of rotatable bonds is 4. The van der Waals surface area contributed by atoms with E-state index < -0.39 is 22.7 Å². The topological polar surface area (TPSA) is 54.4 Å². The van der Waals surface area contributed by atoms with Crippen LogP contribution in [0.4, 0.5) is 18.9 Å². The smallest absolute Gasteiger partial charge is 0.339 e. The highest BCUT2D eigenvalue weighted by molar-refractivity contribution is 7.85. The molecular weight excluding hydrogens is 434 g/mol. The molecule has 1 heterocycles. The van der Waals surface area contributed by atoms with Crippen LogP contribution in [-0.2, 0) is 10.8 Å². The van der Waals surface area contributed by atoms with Crippen molar-refractivity contribution in [2.24, 2.45) is 4.99 Å². The molecule has 1 aromatic heterocycles. The number of benzene rings is 1. The number of amidine groups is 1. The second-order valence-electron chi connectivity index (χ2n) is 4.93. The molecule has 0 bridgehead atoms. The van der Waals surface area contributed by atoms with Crippen molar-refractivity contribution >= 4 is 57.1 Å². The van der Waals surface area contributed by atoms with Crippen LogP contribution in [0.1, 0.15) is 5.56 Å². The summed E-state index contributed by atoms with van der Waals surface area (Å²) in [6.07, 6.45) is -3.13. The van der Waals surface area contributed by atoms with Crippen molar-refractivity contribution in [1.82, 2.24) is 4.98 Å². The van der Waals surface area contributed by atoms with Crippen LogP contribution in [0.5, 0.6) is 0 Å². The van der Waals surface area contributed by atoms with E-state index in [0.717, 1.165) is 0 Å². The number of aromatic nitrogens is 1. The van der Waals surface area contributed by atoms with E-state index in [-0.39, 0.29) is 20.6 Å². The van der Waals surface area contributed by atoms with Crippen LogP contribution < -0.4 is 5.32 Å². The van der Waals surface area contributed by atoms with Crippen molar-refractivity contribution in [1.29, 1.82) is 0 Å². The third-order valence-electron chi connectivity index (χ3n) is 3.04. The number of pyridine rings is 1. The van der Waals surface area contributed by atoms with Gasteiger partial charge < -0.3 is 5.32 Å². The minimum atomic E-state index is -4.59. The molecule has 11 heteroatoms. The van der Waals surface area contributed by atoms with E-state index in [9.17, 15) is 17.4 Å². The fourth-order valence-electron chi connectivity index (χ4n) is 1.93. The second-order valence-corrected chi connectivity index (χ2v) is 7.56. The Morgan fingerprint density at radius 2 is 1.92 bits per heavy atom. The van der Waals surface area contributed by atoms with Crippen LogP contribution in [0.25, 0.3) is 0 Å². The second kappa shape index (κ2) is 8.56. The molecule has 1 aromatic carbocycles. The Hall–Kier alpha value is -1.35. The number of anilines is 1. The van der Waals surface area contributed by atoms with Crippen LogP contribution in [0.3, 0.4) is 0 Å². The van der Waals surface area contributed by atoms with E-state index in [2.05, 4.69) is 15.3 Å². The average molecular weight is 445 g/mol. The van der Waals surface area contributed by atoms with Crippen molar-refractivity contribution in [3.8, 4) is 0 Å². The van der Waals surface area contributed by atoms with Gasteiger partial charge in [-0.3, -0.25) is 9.20 Å². The highest BCUT2D eigenvalue weighted by Crippen LogP contribution is 2.33. The van der Waals surface area contributed by atoms with Gasteiger partial charge in [0.05, 0.1) is 31.4 Å². The SMILES string of the molecule is CN=C(Nc1cc(S(=O)CC(F)(F)F)c(Cl)cc1Cl)c1ccc(Cl)nc1. The minimum Gasteiger partial charge on any atom is -0.339 e. The largest absolute Gasteiger partial charge is 0.400 e. The van der Waals surface area contributed by atoms with Crippen molar-refractivity contribution in [3.63, 3.8) is 0 Å². The molecule has 2 aromatic rings. The Balaban J connectivity index is 2.35. The molecule has 0 saturated carbocycles. The number of halogens is 6. The first-order valence-electron chi connectivity index (χ1n) is 6.90. The molecule has 0 aliphatic carbocycles. The molecule has 1 N–H and O–H groups in total. The number of alkyl halides is 3. The molecule has 26 heavy (non-hydrogen) atoms. The summed E-state index contributed by atoms with van der Waals surface area (Å²) in [7, 11) is -0.869. The van der Waals surface area contributed by atoms with Crippen LogP contribution in [0.2, 0.25) is 15.2 Å². The summed E-state index contributed by atoms with van der Waals surface area (Å²) < 4.78 is 49.5. The Morgan fingerprint density at radius 1 is 1.23 bits per heavy atom. The lowest BCUT2D eigenvalue weighted by atomic mass is 10.2. The maximum atomic E-state index is 12.5. The van der Waals surface area contributed by atoms with Gasteiger partial charge in [-0.15, -0.1) is 0 Å². The molecule has 0 aliphatic heterocycles. The highest BCUT2D eigenvalue weighted by Gasteiger charge is 2.32. The molecule has 0 aliphatic rings. The maximum absolute atomic E-state index is 12.5. The molecule has 0 saturated heterocycles. The predicted octanol–water partition coefficient (Wildman–Crippen LogP) is 5.20. The Bertz CT molecular complexity index is 858. The first-order chi connectivity index (χ1) is 12.1. The van der Waals surface area contributed by atoms with Crippen LogP contribution in [0.15, 0.2) is 40.4 Å². The van der Waals surface area contributed by atoms with Crippen LogP contribution in [0, 0.1) is 0 Å². The van der Waals surface area contributed by atoms with Gasteiger partial charge in [0.25, 0.3) is 0 Å². The van der Waals surface area contributed by atoms with E-state index in [1.807, 2.05) is 0 Å². The lowest BCUT2D eigenvalue weighted by molar-refractivity contribution is -0.105. The number of aliphatic imine (C=N–C) groups is 1. The Labute approximate surface area is 164 Å². The van der Waals surface area contributed by atoms with E-state index in [0.29, 0.717) is 16.6 Å². The van der Waals surface area contributed by atoms with Crippen molar-refractivity contribution < 1.29 is 17.4 Å². The Kier molecular flexibility index (Phi) is 6.90. The summed E-state index contributed by atoms with van der Waals surface area (Å²) >= 11 is 17.7. The number of hydrogen-bond acceptors (Lipinski definition) is 3. The maximum Gasteiger partial charge on any atom is 0.400 e. The highest BCUT2D eigenvalue weighted by atomic mass is 35.5. The molecule has 2 rings (SSSR count). The van der Waals surface area contributed by atoms with Gasteiger partial charge >= 0.3 is 6.18 Å². The summed E-state index contributed by atoms with van der Waals surface area (Å²) in [6.45, 7) is 0. The normalized spacial score (nSPS) is 13.6. The first-order valence-corrected chi connectivity index (χ1v) is 9.36. The molecule has 140 valence electrons. The lowest BCUT2D eigenvalue weighted by Gasteiger charge is -2.14. The quantitative estimate of drug-likeness (QED) is 0.401. The van der Waals surface area contributed by atoms with E-state index in [1.165, 1.54) is 25.4 Å². The molecule has 0 fully saturated rings. The van der Waals surface area contributed by atoms with Gasteiger partial charge in [0.1, 0.15) is 16.7 Å². The van der Waals surface area contributed by atoms with Crippen molar-refractivity contribution in [2.75, 3.05) is 18.1 Å². The van der Waals surface area contributed by atoms with Gasteiger partial charge in [-0.1, -0.05) is 34.8 Å². The summed E-state index contributed by atoms with van der Waals surface area (Å²) in [5.74, 6) is -1.17. The predicted molar refractivity (Wildman–Crippen MR) is 99.1 cm³/mol. The average Bonchev–Trinajstić information content (AvgIpc) is 2.53. The van der Waals surface area contributed by atoms with E-state index in [1.54, 1.807) is 12.1 Å². The summed E-state index contributed by atoms with van der Waals surface area (Å²) in [5.41, 5.74) is 0.776. The lowest BCUT2D eigenvalue weighted by Crippen LogP contribution is -2.19. The van der Waals surface area contributed by atoms with Gasteiger partial charge in [-0.25, -0.2) is 4.98 Å². The monoisotopic (exact) mass is 443 g/mol. The summed E-state index contributed by atoms with van der Waals surface area (Å²) in [6, 6.07) is 5.64. The van der Waals surface area contributed by atoms with Gasteiger partial charge in [-0.05, 0) is 24.3 Å². The van der Waals surface area contributed by atoms with Crippen molar-refractivity contribution in [3.05, 3.63) is 51.2 Å². The minimum absolute atomic E-state index is 0.119. The molecule has 1 atom stereocenters. The third-order valence-corrected chi connectivity index (χ3v) is 5.42. The zero-order valence-corrected chi connectivity index (χ0v) is 16.2. The van der Waals surface area contributed by atoms with Gasteiger partial charge in [0.2, 0.25) is 0 Å². The molecular formula is C15H11Cl3F3N3OS. The zero-order chi connectivity index (χ0) is 19.5. The molecule has 0 spiro atoms. The van der Waals surface area contributed by atoms with E-state index >= 15 is 0 Å². The number of nitrogens with zero attached hydrogens (tertiary/aromatic N) is 2. The van der Waals surface area contributed by atoms with Crippen LogP contribution >= 0.6 is 34.8 Å². The fourth-order valence-corrected chi connectivity index (χ4v) is 3.71. The standard InChI is InChI=1S/C15H11Cl3F3N3OS/c1-22-14(8-2-3-13(18)23-6-8)24-11-5-12(10(17)4-9(11)16)26(25)7-15(19,20)21/h2-6H,7H2,1H3,(H,22,24). The third kappa shape index (κ3) is 5.57. The fraction of sp³-hybridized carbons (Fsp3) is 0.200. The Morgan fingerprint density at radius 3 is 2.46 bits per heavy atom.